The van der Waals surface area contributed by atoms with E-state index < -0.39 is 0 Å². The van der Waals surface area contributed by atoms with E-state index in [1.165, 1.54) is 0 Å². The minimum atomic E-state index is -0.131. The van der Waals surface area contributed by atoms with E-state index >= 15 is 0 Å². The highest BCUT2D eigenvalue weighted by atomic mass is 16.5. The van der Waals surface area contributed by atoms with Crippen molar-refractivity contribution in [2.45, 2.75) is 27.3 Å². The van der Waals surface area contributed by atoms with Crippen LogP contribution in [0.25, 0.3) is 0 Å². The van der Waals surface area contributed by atoms with Crippen LogP contribution in [0, 0.1) is 13.8 Å². The molecule has 1 aromatic carbocycles. The second kappa shape index (κ2) is 5.92. The van der Waals surface area contributed by atoms with Crippen LogP contribution in [0.3, 0.4) is 0 Å². The number of furan rings is 1. The predicted octanol–water partition coefficient (Wildman–Crippen LogP) is 2.98. The summed E-state index contributed by atoms with van der Waals surface area (Å²) in [5.74, 6) is 1.60. The second-order valence-corrected chi connectivity index (χ2v) is 4.66. The number of hydrogen-bond acceptors (Lipinski definition) is 4. The molecule has 0 aliphatic carbocycles. The molecule has 2 aromatic rings. The minimum Gasteiger partial charge on any atom is -0.494 e. The Kier molecular flexibility index (Phi) is 4.25. The first-order chi connectivity index (χ1) is 9.56. The predicted molar refractivity (Wildman–Crippen MR) is 77.1 cm³/mol. The third-order valence-corrected chi connectivity index (χ3v) is 3.15. The number of carbonyl (C=O) groups excluding carboxylic acids is 1. The fraction of sp³-hybridized carbons (Fsp3) is 0.312. The van der Waals surface area contributed by atoms with Crippen molar-refractivity contribution in [2.75, 3.05) is 6.61 Å². The fourth-order valence-corrected chi connectivity index (χ4v) is 2.09. The van der Waals surface area contributed by atoms with Crippen molar-refractivity contribution in [3.8, 4) is 5.75 Å². The molecular formula is C16H19NO3. The number of benzene rings is 1. The van der Waals surface area contributed by atoms with Crippen molar-refractivity contribution < 1.29 is 13.9 Å². The maximum Gasteiger partial charge on any atom is 0.228 e. The van der Waals surface area contributed by atoms with Crippen LogP contribution in [0.1, 0.15) is 39.9 Å². The third kappa shape index (κ3) is 2.75. The van der Waals surface area contributed by atoms with E-state index in [2.05, 4.69) is 0 Å². The largest absolute Gasteiger partial charge is 0.494 e. The molecule has 4 nitrogen and oxygen atoms in total. The van der Waals surface area contributed by atoms with Crippen molar-refractivity contribution >= 4 is 5.78 Å². The van der Waals surface area contributed by atoms with E-state index in [1.807, 2.05) is 32.9 Å². The summed E-state index contributed by atoms with van der Waals surface area (Å²) in [5, 5.41) is 0. The molecule has 0 spiro atoms. The van der Waals surface area contributed by atoms with Gasteiger partial charge in [0.05, 0.1) is 13.2 Å². The van der Waals surface area contributed by atoms with Gasteiger partial charge in [0.1, 0.15) is 11.5 Å². The standard InChI is InChI=1S/C16H19NO3/c1-4-19-15-8-10(2)13(7-11(15)3)16(18)14-6-5-12(9-17)20-14/h5-8H,4,9,17H2,1-3H3. The first-order valence-corrected chi connectivity index (χ1v) is 6.64. The smallest absolute Gasteiger partial charge is 0.228 e. The summed E-state index contributed by atoms with van der Waals surface area (Å²) in [6, 6.07) is 7.12. The molecule has 20 heavy (non-hydrogen) atoms. The number of aryl methyl sites for hydroxylation is 2. The number of carbonyl (C=O) groups is 1. The molecule has 2 N–H and O–H groups in total. The zero-order valence-corrected chi connectivity index (χ0v) is 12.0. The van der Waals surface area contributed by atoms with Crippen molar-refractivity contribution in [1.29, 1.82) is 0 Å². The number of nitrogens with two attached hydrogens (primary N) is 1. The highest BCUT2D eigenvalue weighted by Crippen LogP contribution is 2.25. The first kappa shape index (κ1) is 14.3. The normalized spacial score (nSPS) is 10.6. The molecule has 1 aromatic heterocycles. The molecule has 4 heteroatoms. The van der Waals surface area contributed by atoms with Crippen LogP contribution in [0.4, 0.5) is 0 Å². The zero-order valence-electron chi connectivity index (χ0n) is 12.0. The van der Waals surface area contributed by atoms with E-state index in [0.717, 1.165) is 16.9 Å². The molecule has 0 fully saturated rings. The minimum absolute atomic E-state index is 0.131. The topological polar surface area (TPSA) is 65.5 Å². The summed E-state index contributed by atoms with van der Waals surface area (Å²) in [6.45, 7) is 6.64. The summed E-state index contributed by atoms with van der Waals surface area (Å²) in [5.41, 5.74) is 7.92. The van der Waals surface area contributed by atoms with Crippen LogP contribution in [0.2, 0.25) is 0 Å². The van der Waals surface area contributed by atoms with E-state index in [4.69, 9.17) is 14.9 Å². The molecule has 0 amide bonds. The highest BCUT2D eigenvalue weighted by Gasteiger charge is 2.17. The van der Waals surface area contributed by atoms with Gasteiger partial charge in [-0.1, -0.05) is 0 Å². The average molecular weight is 273 g/mol. The van der Waals surface area contributed by atoms with Gasteiger partial charge in [0.2, 0.25) is 5.78 Å². The molecule has 0 aliphatic rings. The van der Waals surface area contributed by atoms with Crippen LogP contribution < -0.4 is 10.5 Å². The van der Waals surface area contributed by atoms with E-state index in [1.54, 1.807) is 12.1 Å². The SMILES string of the molecule is CCOc1cc(C)c(C(=O)c2ccc(CN)o2)cc1C. The molecule has 0 atom stereocenters. The Labute approximate surface area is 118 Å². The lowest BCUT2D eigenvalue weighted by Crippen LogP contribution is -2.05. The van der Waals surface area contributed by atoms with Gasteiger partial charge in [-0.2, -0.15) is 0 Å². The highest BCUT2D eigenvalue weighted by molar-refractivity contribution is 6.08. The van der Waals surface area contributed by atoms with Gasteiger partial charge in [0.15, 0.2) is 5.76 Å². The lowest BCUT2D eigenvalue weighted by molar-refractivity contribution is 0.101. The lowest BCUT2D eigenvalue weighted by Gasteiger charge is -2.11. The maximum atomic E-state index is 12.4. The monoisotopic (exact) mass is 273 g/mol. The third-order valence-electron chi connectivity index (χ3n) is 3.15. The van der Waals surface area contributed by atoms with Crippen LogP contribution in [0.5, 0.6) is 5.75 Å². The second-order valence-electron chi connectivity index (χ2n) is 4.66. The van der Waals surface area contributed by atoms with Crippen molar-refractivity contribution in [3.63, 3.8) is 0 Å². The van der Waals surface area contributed by atoms with Crippen molar-refractivity contribution in [1.82, 2.24) is 0 Å². The number of ether oxygens (including phenoxy) is 1. The molecule has 0 bridgehead atoms. The van der Waals surface area contributed by atoms with E-state index in [0.29, 0.717) is 23.7 Å². The Balaban J connectivity index is 2.37. The summed E-state index contributed by atoms with van der Waals surface area (Å²) in [7, 11) is 0. The van der Waals surface area contributed by atoms with Crippen LogP contribution in [0.15, 0.2) is 28.7 Å². The lowest BCUT2D eigenvalue weighted by atomic mass is 10.00. The van der Waals surface area contributed by atoms with Crippen LogP contribution in [-0.4, -0.2) is 12.4 Å². The van der Waals surface area contributed by atoms with Crippen molar-refractivity contribution in [2.24, 2.45) is 5.73 Å². The zero-order chi connectivity index (χ0) is 14.7. The molecule has 0 saturated heterocycles. The van der Waals surface area contributed by atoms with Gasteiger partial charge >= 0.3 is 0 Å². The summed E-state index contributed by atoms with van der Waals surface area (Å²) in [4.78, 5) is 12.4. The van der Waals surface area contributed by atoms with Gasteiger partial charge in [-0.15, -0.1) is 0 Å². The molecule has 0 aliphatic heterocycles. The first-order valence-electron chi connectivity index (χ1n) is 6.64. The average Bonchev–Trinajstić information content (AvgIpc) is 2.91. The van der Waals surface area contributed by atoms with Gasteiger partial charge in [-0.05, 0) is 56.2 Å². The number of rotatable bonds is 5. The summed E-state index contributed by atoms with van der Waals surface area (Å²) >= 11 is 0. The van der Waals surface area contributed by atoms with E-state index in [-0.39, 0.29) is 12.3 Å². The fourth-order valence-electron chi connectivity index (χ4n) is 2.09. The molecule has 0 unspecified atom stereocenters. The van der Waals surface area contributed by atoms with Crippen LogP contribution >= 0.6 is 0 Å². The van der Waals surface area contributed by atoms with Gasteiger partial charge < -0.3 is 14.9 Å². The molecule has 2 rings (SSSR count). The van der Waals surface area contributed by atoms with Gasteiger partial charge in [-0.3, -0.25) is 4.79 Å². The van der Waals surface area contributed by atoms with Gasteiger partial charge in [0.25, 0.3) is 0 Å². The molecule has 106 valence electrons. The van der Waals surface area contributed by atoms with E-state index in [9.17, 15) is 4.79 Å². The summed E-state index contributed by atoms with van der Waals surface area (Å²) < 4.78 is 10.9. The number of ketones is 1. The van der Waals surface area contributed by atoms with Gasteiger partial charge in [-0.25, -0.2) is 0 Å². The van der Waals surface area contributed by atoms with Crippen LogP contribution in [-0.2, 0) is 6.54 Å². The number of hydrogen-bond donors (Lipinski definition) is 1. The van der Waals surface area contributed by atoms with Gasteiger partial charge in [0, 0.05) is 5.56 Å². The summed E-state index contributed by atoms with van der Waals surface area (Å²) in [6.07, 6.45) is 0. The van der Waals surface area contributed by atoms with Crippen molar-refractivity contribution in [3.05, 3.63) is 52.5 Å². The Morgan fingerprint density at radius 2 is 2.00 bits per heavy atom. The Morgan fingerprint density at radius 1 is 1.25 bits per heavy atom. The molecular weight excluding hydrogens is 254 g/mol. The Hall–Kier alpha value is -2.07. The molecule has 1 heterocycles. The molecule has 0 saturated carbocycles. The maximum absolute atomic E-state index is 12.4. The quantitative estimate of drug-likeness (QED) is 0.850. The Bertz CT molecular complexity index is 629. The Morgan fingerprint density at radius 3 is 2.60 bits per heavy atom. The molecule has 0 radical (unpaired) electrons.